The molecule has 4 nitrogen and oxygen atoms in total. The number of hydrogen-bond acceptors (Lipinski definition) is 3. The maximum Gasteiger partial charge on any atom is 0.201 e. The van der Waals surface area contributed by atoms with E-state index >= 15 is 0 Å². The van der Waals surface area contributed by atoms with E-state index in [4.69, 9.17) is 22.1 Å². The summed E-state index contributed by atoms with van der Waals surface area (Å²) in [5, 5.41) is 0.689. The van der Waals surface area contributed by atoms with Crippen molar-refractivity contribution >= 4 is 28.6 Å². The van der Waals surface area contributed by atoms with Crippen LogP contribution in [0.1, 0.15) is 18.9 Å². The molecular weight excluding hydrogens is 238 g/mol. The zero-order valence-corrected chi connectivity index (χ0v) is 10.2. The Kier molecular flexibility index (Phi) is 2.68. The van der Waals surface area contributed by atoms with Gasteiger partial charge in [-0.1, -0.05) is 11.6 Å². The van der Waals surface area contributed by atoms with Crippen LogP contribution in [0.2, 0.25) is 5.02 Å². The van der Waals surface area contributed by atoms with Gasteiger partial charge < -0.3 is 15.0 Å². The molecule has 1 saturated heterocycles. The quantitative estimate of drug-likeness (QED) is 0.848. The zero-order valence-electron chi connectivity index (χ0n) is 9.40. The van der Waals surface area contributed by atoms with Gasteiger partial charge in [0.05, 0.1) is 11.0 Å². The Morgan fingerprint density at radius 3 is 2.88 bits per heavy atom. The smallest absolute Gasteiger partial charge is 0.201 e. The number of nitrogen functional groups attached to an aromatic ring is 1. The monoisotopic (exact) mass is 251 g/mol. The van der Waals surface area contributed by atoms with Gasteiger partial charge in [0.1, 0.15) is 0 Å². The summed E-state index contributed by atoms with van der Waals surface area (Å²) in [6.07, 6.45) is 1.97. The number of nitrogens with two attached hydrogens (primary N) is 1. The summed E-state index contributed by atoms with van der Waals surface area (Å²) >= 11 is 5.96. The van der Waals surface area contributed by atoms with E-state index in [0.717, 1.165) is 37.1 Å². The Balaban J connectivity index is 2.11. The van der Waals surface area contributed by atoms with Crippen molar-refractivity contribution in [3.8, 4) is 0 Å². The molecule has 0 aliphatic carbocycles. The van der Waals surface area contributed by atoms with Gasteiger partial charge in [0, 0.05) is 24.3 Å². The summed E-state index contributed by atoms with van der Waals surface area (Å²) in [6, 6.07) is 6.09. The van der Waals surface area contributed by atoms with Gasteiger partial charge in [-0.15, -0.1) is 0 Å². The van der Waals surface area contributed by atoms with E-state index in [1.54, 1.807) is 0 Å². The van der Waals surface area contributed by atoms with Crippen LogP contribution in [0, 0.1) is 0 Å². The van der Waals surface area contributed by atoms with Gasteiger partial charge in [-0.3, -0.25) is 0 Å². The molecule has 2 N–H and O–H groups in total. The van der Waals surface area contributed by atoms with Crippen LogP contribution in [0.25, 0.3) is 11.0 Å². The Labute approximate surface area is 104 Å². The average molecular weight is 252 g/mol. The minimum absolute atomic E-state index is 0.384. The van der Waals surface area contributed by atoms with Crippen molar-refractivity contribution in [3.05, 3.63) is 23.2 Å². The minimum atomic E-state index is 0.384. The number of ether oxygens (including phenoxy) is 1. The molecule has 17 heavy (non-hydrogen) atoms. The van der Waals surface area contributed by atoms with E-state index in [0.29, 0.717) is 17.0 Å². The molecular formula is C12H14ClN3O. The van der Waals surface area contributed by atoms with Crippen molar-refractivity contribution in [3.63, 3.8) is 0 Å². The van der Waals surface area contributed by atoms with Crippen molar-refractivity contribution in [2.75, 3.05) is 18.9 Å². The third-order valence-corrected chi connectivity index (χ3v) is 3.47. The fraction of sp³-hybridized carbons (Fsp3) is 0.417. The predicted molar refractivity (Wildman–Crippen MR) is 68.2 cm³/mol. The lowest BCUT2D eigenvalue weighted by atomic mass is 10.1. The standard InChI is InChI=1S/C12H14ClN3O/c13-8-1-2-11-10(7-8)15-12(14)16(11)9-3-5-17-6-4-9/h1-2,7,9H,3-6H2,(H2,14,15). The molecule has 5 heteroatoms. The summed E-state index contributed by atoms with van der Waals surface area (Å²) in [5.74, 6) is 0.564. The third kappa shape index (κ3) is 1.87. The number of anilines is 1. The molecule has 2 aromatic rings. The van der Waals surface area contributed by atoms with Crippen molar-refractivity contribution < 1.29 is 4.74 Å². The fourth-order valence-electron chi connectivity index (χ4n) is 2.42. The fourth-order valence-corrected chi connectivity index (χ4v) is 2.58. The summed E-state index contributed by atoms with van der Waals surface area (Å²) in [5.41, 5.74) is 7.92. The predicted octanol–water partition coefficient (Wildman–Crippen LogP) is 2.62. The average Bonchev–Trinajstić information content (AvgIpc) is 2.65. The Morgan fingerprint density at radius 2 is 2.12 bits per heavy atom. The highest BCUT2D eigenvalue weighted by atomic mass is 35.5. The second-order valence-electron chi connectivity index (χ2n) is 4.32. The van der Waals surface area contributed by atoms with E-state index in [-0.39, 0.29) is 0 Å². The molecule has 0 saturated carbocycles. The second kappa shape index (κ2) is 4.20. The topological polar surface area (TPSA) is 53.1 Å². The van der Waals surface area contributed by atoms with Crippen LogP contribution < -0.4 is 5.73 Å². The van der Waals surface area contributed by atoms with Crippen molar-refractivity contribution in [2.45, 2.75) is 18.9 Å². The van der Waals surface area contributed by atoms with Crippen molar-refractivity contribution in [1.82, 2.24) is 9.55 Å². The number of fused-ring (bicyclic) bond motifs is 1. The van der Waals surface area contributed by atoms with Gasteiger partial charge in [-0.25, -0.2) is 4.98 Å². The zero-order chi connectivity index (χ0) is 11.8. The summed E-state index contributed by atoms with van der Waals surface area (Å²) in [7, 11) is 0. The van der Waals surface area contributed by atoms with Crippen LogP contribution in [0.4, 0.5) is 5.95 Å². The van der Waals surface area contributed by atoms with E-state index in [9.17, 15) is 0 Å². The van der Waals surface area contributed by atoms with Gasteiger partial charge in [0.15, 0.2) is 0 Å². The summed E-state index contributed by atoms with van der Waals surface area (Å²) in [4.78, 5) is 4.36. The first kappa shape index (κ1) is 10.9. The molecule has 1 aliphatic rings. The van der Waals surface area contributed by atoms with Crippen molar-refractivity contribution in [1.29, 1.82) is 0 Å². The molecule has 0 radical (unpaired) electrons. The normalized spacial score (nSPS) is 17.7. The van der Waals surface area contributed by atoms with Crippen LogP contribution in [0.15, 0.2) is 18.2 Å². The van der Waals surface area contributed by atoms with Gasteiger partial charge >= 0.3 is 0 Å². The van der Waals surface area contributed by atoms with Gasteiger partial charge in [-0.05, 0) is 31.0 Å². The highest BCUT2D eigenvalue weighted by molar-refractivity contribution is 6.31. The van der Waals surface area contributed by atoms with Crippen LogP contribution in [-0.2, 0) is 4.74 Å². The number of halogens is 1. The number of hydrogen-bond donors (Lipinski definition) is 1. The molecule has 3 rings (SSSR count). The third-order valence-electron chi connectivity index (χ3n) is 3.23. The first-order chi connectivity index (χ1) is 8.25. The highest BCUT2D eigenvalue weighted by Crippen LogP contribution is 2.30. The second-order valence-corrected chi connectivity index (χ2v) is 4.75. The van der Waals surface area contributed by atoms with Crippen LogP contribution in [0.3, 0.4) is 0 Å². The molecule has 1 aromatic carbocycles. The number of rotatable bonds is 1. The number of aromatic nitrogens is 2. The van der Waals surface area contributed by atoms with E-state index in [1.165, 1.54) is 0 Å². The van der Waals surface area contributed by atoms with Crippen LogP contribution >= 0.6 is 11.6 Å². The number of nitrogens with zero attached hydrogens (tertiary/aromatic N) is 2. The van der Waals surface area contributed by atoms with Gasteiger partial charge in [0.25, 0.3) is 0 Å². The van der Waals surface area contributed by atoms with E-state index in [1.807, 2.05) is 18.2 Å². The van der Waals surface area contributed by atoms with E-state index in [2.05, 4.69) is 9.55 Å². The largest absolute Gasteiger partial charge is 0.381 e. The molecule has 1 fully saturated rings. The lowest BCUT2D eigenvalue weighted by molar-refractivity contribution is 0.0711. The molecule has 90 valence electrons. The highest BCUT2D eigenvalue weighted by Gasteiger charge is 2.20. The number of benzene rings is 1. The minimum Gasteiger partial charge on any atom is -0.381 e. The number of imidazole rings is 1. The molecule has 0 atom stereocenters. The lowest BCUT2D eigenvalue weighted by Crippen LogP contribution is -2.20. The van der Waals surface area contributed by atoms with Crippen LogP contribution in [-0.4, -0.2) is 22.8 Å². The molecule has 0 spiro atoms. The lowest BCUT2D eigenvalue weighted by Gasteiger charge is -2.24. The molecule has 1 aliphatic heterocycles. The van der Waals surface area contributed by atoms with Crippen molar-refractivity contribution in [2.24, 2.45) is 0 Å². The molecule has 0 amide bonds. The maximum atomic E-state index is 6.00. The summed E-state index contributed by atoms with van der Waals surface area (Å²) in [6.45, 7) is 1.58. The van der Waals surface area contributed by atoms with Gasteiger partial charge in [0.2, 0.25) is 5.95 Å². The first-order valence-corrected chi connectivity index (χ1v) is 6.14. The molecule has 0 unspecified atom stereocenters. The SMILES string of the molecule is Nc1nc2cc(Cl)ccc2n1C1CCOCC1. The summed E-state index contributed by atoms with van der Waals surface area (Å²) < 4.78 is 7.48. The Bertz CT molecular complexity index is 546. The first-order valence-electron chi connectivity index (χ1n) is 5.76. The molecule has 1 aromatic heterocycles. The maximum absolute atomic E-state index is 6.00. The van der Waals surface area contributed by atoms with Crippen LogP contribution in [0.5, 0.6) is 0 Å². The Hall–Kier alpha value is -1.26. The molecule has 2 heterocycles. The Morgan fingerprint density at radius 1 is 1.35 bits per heavy atom. The van der Waals surface area contributed by atoms with Gasteiger partial charge in [-0.2, -0.15) is 0 Å². The molecule has 0 bridgehead atoms. The van der Waals surface area contributed by atoms with E-state index < -0.39 is 0 Å².